The molecule has 0 atom stereocenters. The topological polar surface area (TPSA) is 100.0 Å². The van der Waals surface area contributed by atoms with Gasteiger partial charge < -0.3 is 14.2 Å². The second kappa shape index (κ2) is 9.59. The molecule has 0 spiro atoms. The number of hydrogen-bond donors (Lipinski definition) is 0. The van der Waals surface area contributed by atoms with Crippen molar-refractivity contribution in [2.24, 2.45) is 7.05 Å². The molecule has 0 saturated carbocycles. The lowest BCUT2D eigenvalue weighted by molar-refractivity contribution is -0.143. The Balaban J connectivity index is 1.45. The maximum atomic E-state index is 12.6. The standard InChI is InChI=1S/C20H27N3O6S/c1-15-19(16(2)22(3)21-15)14-20(24)29-13-12-28-17-4-6-18(7-5-17)30(25,26)23-8-10-27-11-9-23/h4-7H,8-14H2,1-3H3. The van der Waals surface area contributed by atoms with Gasteiger partial charge in [0, 0.05) is 31.4 Å². The Morgan fingerprint density at radius 1 is 1.13 bits per heavy atom. The molecule has 164 valence electrons. The van der Waals surface area contributed by atoms with Crippen LogP contribution < -0.4 is 4.74 Å². The van der Waals surface area contributed by atoms with Crippen LogP contribution in [0.2, 0.25) is 0 Å². The zero-order valence-electron chi connectivity index (χ0n) is 17.5. The average molecular weight is 438 g/mol. The van der Waals surface area contributed by atoms with Crippen LogP contribution in [0, 0.1) is 13.8 Å². The van der Waals surface area contributed by atoms with Crippen LogP contribution in [0.1, 0.15) is 17.0 Å². The molecular weight excluding hydrogens is 410 g/mol. The lowest BCUT2D eigenvalue weighted by atomic mass is 10.1. The van der Waals surface area contributed by atoms with Crippen LogP contribution in [0.15, 0.2) is 29.2 Å². The number of carbonyl (C=O) groups excluding carboxylic acids is 1. The Labute approximate surface area is 176 Å². The van der Waals surface area contributed by atoms with Crippen LogP contribution in [0.3, 0.4) is 0 Å². The molecule has 0 unspecified atom stereocenters. The first-order chi connectivity index (χ1) is 14.3. The highest BCUT2D eigenvalue weighted by molar-refractivity contribution is 7.89. The smallest absolute Gasteiger partial charge is 0.310 e. The average Bonchev–Trinajstić information content (AvgIpc) is 2.98. The Bertz CT molecular complexity index is 979. The largest absolute Gasteiger partial charge is 0.490 e. The van der Waals surface area contributed by atoms with Gasteiger partial charge in [-0.25, -0.2) is 8.42 Å². The van der Waals surface area contributed by atoms with E-state index in [0.717, 1.165) is 17.0 Å². The fourth-order valence-corrected chi connectivity index (χ4v) is 4.64. The van der Waals surface area contributed by atoms with E-state index in [1.54, 1.807) is 16.8 Å². The van der Waals surface area contributed by atoms with E-state index in [2.05, 4.69) is 5.10 Å². The third-order valence-electron chi connectivity index (χ3n) is 5.03. The number of hydrogen-bond acceptors (Lipinski definition) is 7. The molecule has 1 aliphatic rings. The zero-order valence-corrected chi connectivity index (χ0v) is 18.3. The number of rotatable bonds is 8. The van der Waals surface area contributed by atoms with Crippen molar-refractivity contribution in [3.8, 4) is 5.75 Å². The fraction of sp³-hybridized carbons (Fsp3) is 0.500. The first-order valence-corrected chi connectivity index (χ1v) is 11.2. The van der Waals surface area contributed by atoms with Crippen molar-refractivity contribution < 1.29 is 27.4 Å². The number of nitrogens with zero attached hydrogens (tertiary/aromatic N) is 3. The highest BCUT2D eigenvalue weighted by Crippen LogP contribution is 2.20. The van der Waals surface area contributed by atoms with Crippen LogP contribution in [0.5, 0.6) is 5.75 Å². The molecule has 0 amide bonds. The van der Waals surface area contributed by atoms with E-state index >= 15 is 0 Å². The van der Waals surface area contributed by atoms with E-state index in [4.69, 9.17) is 14.2 Å². The second-order valence-corrected chi connectivity index (χ2v) is 8.94. The normalized spacial score (nSPS) is 15.2. The first-order valence-electron chi connectivity index (χ1n) is 9.74. The maximum absolute atomic E-state index is 12.6. The minimum atomic E-state index is -3.53. The molecule has 0 radical (unpaired) electrons. The Morgan fingerprint density at radius 3 is 2.40 bits per heavy atom. The summed E-state index contributed by atoms with van der Waals surface area (Å²) in [6.45, 7) is 5.56. The Hall–Kier alpha value is -2.43. The van der Waals surface area contributed by atoms with Gasteiger partial charge in [-0.15, -0.1) is 0 Å². The van der Waals surface area contributed by atoms with Gasteiger partial charge in [0.1, 0.15) is 19.0 Å². The van der Waals surface area contributed by atoms with Crippen molar-refractivity contribution in [3.63, 3.8) is 0 Å². The van der Waals surface area contributed by atoms with Gasteiger partial charge in [-0.3, -0.25) is 9.48 Å². The summed E-state index contributed by atoms with van der Waals surface area (Å²) in [6.07, 6.45) is 0.166. The van der Waals surface area contributed by atoms with Crippen LogP contribution >= 0.6 is 0 Å². The van der Waals surface area contributed by atoms with Crippen molar-refractivity contribution in [2.45, 2.75) is 25.2 Å². The summed E-state index contributed by atoms with van der Waals surface area (Å²) in [6, 6.07) is 6.22. The van der Waals surface area contributed by atoms with Gasteiger partial charge >= 0.3 is 5.97 Å². The van der Waals surface area contributed by atoms with E-state index < -0.39 is 10.0 Å². The summed E-state index contributed by atoms with van der Waals surface area (Å²) >= 11 is 0. The highest BCUT2D eigenvalue weighted by atomic mass is 32.2. The minimum Gasteiger partial charge on any atom is -0.490 e. The molecule has 1 aromatic heterocycles. The molecule has 30 heavy (non-hydrogen) atoms. The predicted octanol–water partition coefficient (Wildman–Crippen LogP) is 1.22. The van der Waals surface area contributed by atoms with Crippen molar-refractivity contribution in [3.05, 3.63) is 41.2 Å². The third-order valence-corrected chi connectivity index (χ3v) is 6.94. The second-order valence-electron chi connectivity index (χ2n) is 7.01. The van der Waals surface area contributed by atoms with Crippen LogP contribution in [0.4, 0.5) is 0 Å². The van der Waals surface area contributed by atoms with E-state index in [9.17, 15) is 13.2 Å². The van der Waals surface area contributed by atoms with E-state index in [-0.39, 0.29) is 30.5 Å². The molecule has 1 saturated heterocycles. The number of aryl methyl sites for hydroxylation is 2. The highest BCUT2D eigenvalue weighted by Gasteiger charge is 2.26. The lowest BCUT2D eigenvalue weighted by Gasteiger charge is -2.26. The summed E-state index contributed by atoms with van der Waals surface area (Å²) in [5, 5.41) is 4.29. The Kier molecular flexibility index (Phi) is 7.11. The summed E-state index contributed by atoms with van der Waals surface area (Å²) in [7, 11) is -1.69. The van der Waals surface area contributed by atoms with Gasteiger partial charge in [-0.2, -0.15) is 9.40 Å². The summed E-state index contributed by atoms with van der Waals surface area (Å²) in [5.41, 5.74) is 2.63. The van der Waals surface area contributed by atoms with Crippen molar-refractivity contribution in [2.75, 3.05) is 39.5 Å². The van der Waals surface area contributed by atoms with Crippen molar-refractivity contribution in [1.29, 1.82) is 0 Å². The van der Waals surface area contributed by atoms with Crippen molar-refractivity contribution >= 4 is 16.0 Å². The SMILES string of the molecule is Cc1nn(C)c(C)c1CC(=O)OCCOc1ccc(S(=O)(=O)N2CCOCC2)cc1. The number of ether oxygens (including phenoxy) is 3. The van der Waals surface area contributed by atoms with E-state index in [1.165, 1.54) is 16.4 Å². The molecule has 1 aromatic carbocycles. The number of sulfonamides is 1. The molecule has 10 heteroatoms. The number of morpholine rings is 1. The number of aromatic nitrogens is 2. The van der Waals surface area contributed by atoms with Crippen LogP contribution in [-0.4, -0.2) is 68.0 Å². The summed E-state index contributed by atoms with van der Waals surface area (Å²) in [5.74, 6) is 0.163. The van der Waals surface area contributed by atoms with Crippen LogP contribution in [-0.2, 0) is 37.8 Å². The molecule has 1 fully saturated rings. The van der Waals surface area contributed by atoms with Gasteiger partial charge in [0.25, 0.3) is 0 Å². The minimum absolute atomic E-state index is 0.102. The molecule has 2 aromatic rings. The predicted molar refractivity (Wildman–Crippen MR) is 109 cm³/mol. The van der Waals surface area contributed by atoms with E-state index in [1.807, 2.05) is 20.9 Å². The Morgan fingerprint density at radius 2 is 1.80 bits per heavy atom. The summed E-state index contributed by atoms with van der Waals surface area (Å²) in [4.78, 5) is 12.3. The zero-order chi connectivity index (χ0) is 21.7. The molecular formula is C20H27N3O6S. The van der Waals surface area contributed by atoms with E-state index in [0.29, 0.717) is 32.1 Å². The number of benzene rings is 1. The van der Waals surface area contributed by atoms with Gasteiger partial charge in [0.15, 0.2) is 0 Å². The van der Waals surface area contributed by atoms with Gasteiger partial charge in [0.05, 0.1) is 30.2 Å². The molecule has 0 aliphatic carbocycles. The first kappa shape index (κ1) is 22.3. The molecule has 9 nitrogen and oxygen atoms in total. The number of esters is 1. The molecule has 0 bridgehead atoms. The van der Waals surface area contributed by atoms with Gasteiger partial charge in [-0.05, 0) is 38.1 Å². The quantitative estimate of drug-likeness (QED) is 0.452. The number of carbonyl (C=O) groups is 1. The molecule has 3 rings (SSSR count). The summed E-state index contributed by atoms with van der Waals surface area (Å²) < 4.78 is 44.3. The van der Waals surface area contributed by atoms with Crippen LogP contribution in [0.25, 0.3) is 0 Å². The van der Waals surface area contributed by atoms with Gasteiger partial charge in [0.2, 0.25) is 10.0 Å². The van der Waals surface area contributed by atoms with Crippen molar-refractivity contribution in [1.82, 2.24) is 14.1 Å². The maximum Gasteiger partial charge on any atom is 0.310 e. The molecule has 0 N–H and O–H groups in total. The monoisotopic (exact) mass is 437 g/mol. The fourth-order valence-electron chi connectivity index (χ4n) is 3.23. The molecule has 1 aliphatic heterocycles. The molecule has 2 heterocycles. The third kappa shape index (κ3) is 5.18. The lowest BCUT2D eigenvalue weighted by Crippen LogP contribution is -2.40. The van der Waals surface area contributed by atoms with Gasteiger partial charge in [-0.1, -0.05) is 0 Å².